The van der Waals surface area contributed by atoms with Gasteiger partial charge < -0.3 is 0 Å². The normalized spacial score (nSPS) is 33.7. The Hall–Kier alpha value is -0.760. The molecule has 2 atom stereocenters. The number of rotatable bonds is 0. The van der Waals surface area contributed by atoms with Crippen LogP contribution in [0.25, 0.3) is 0 Å². The summed E-state index contributed by atoms with van der Waals surface area (Å²) in [5, 5.41) is 0.782. The topological polar surface area (TPSA) is 17.1 Å². The largest absolute Gasteiger partial charge is 0.287 e. The van der Waals surface area contributed by atoms with Gasteiger partial charge in [0.25, 0.3) is 0 Å². The first-order valence-electron chi connectivity index (χ1n) is 5.46. The monoisotopic (exact) mass is 218 g/mol. The van der Waals surface area contributed by atoms with Gasteiger partial charge in [0.15, 0.2) is 5.12 Å². The second-order valence-electron chi connectivity index (χ2n) is 4.90. The maximum atomic E-state index is 11.5. The summed E-state index contributed by atoms with van der Waals surface area (Å²) < 4.78 is 0. The lowest BCUT2D eigenvalue weighted by Crippen LogP contribution is -2.26. The molecule has 0 amide bonds. The number of hydrogen-bond acceptors (Lipinski definition) is 2. The van der Waals surface area contributed by atoms with Gasteiger partial charge in [0, 0.05) is 11.7 Å². The maximum absolute atomic E-state index is 11.5. The van der Waals surface area contributed by atoms with Crippen molar-refractivity contribution in [2.24, 2.45) is 5.41 Å². The van der Waals surface area contributed by atoms with Gasteiger partial charge in [-0.05, 0) is 29.4 Å². The lowest BCUT2D eigenvalue weighted by molar-refractivity contribution is -0.112. The van der Waals surface area contributed by atoms with E-state index in [-0.39, 0.29) is 0 Å². The molecule has 1 aliphatic carbocycles. The minimum absolute atomic E-state index is 0.322. The van der Waals surface area contributed by atoms with Crippen LogP contribution in [0.3, 0.4) is 0 Å². The average molecular weight is 218 g/mol. The zero-order valence-corrected chi connectivity index (χ0v) is 9.64. The van der Waals surface area contributed by atoms with Crippen molar-refractivity contribution in [2.45, 2.75) is 31.4 Å². The van der Waals surface area contributed by atoms with Crippen molar-refractivity contribution in [3.05, 3.63) is 35.4 Å². The Bertz CT molecular complexity index is 426. The van der Waals surface area contributed by atoms with E-state index >= 15 is 0 Å². The molecule has 15 heavy (non-hydrogen) atoms. The number of benzene rings is 1. The van der Waals surface area contributed by atoms with E-state index < -0.39 is 0 Å². The van der Waals surface area contributed by atoms with Crippen LogP contribution in [-0.2, 0) is 11.2 Å². The number of fused-ring (bicyclic) bond motifs is 3. The van der Waals surface area contributed by atoms with Crippen LogP contribution in [0, 0.1) is 5.41 Å². The molecule has 2 aliphatic rings. The quantitative estimate of drug-likeness (QED) is 0.664. The molecule has 0 N–H and O–H groups in total. The molecule has 0 saturated carbocycles. The van der Waals surface area contributed by atoms with Crippen LogP contribution in [0.15, 0.2) is 24.3 Å². The van der Waals surface area contributed by atoms with Crippen LogP contribution in [0.2, 0.25) is 0 Å². The van der Waals surface area contributed by atoms with E-state index in [9.17, 15) is 4.79 Å². The van der Waals surface area contributed by atoms with Gasteiger partial charge in [-0.25, -0.2) is 0 Å². The fraction of sp³-hybridized carbons (Fsp3) is 0.462. The summed E-state index contributed by atoms with van der Waals surface area (Å²) in [7, 11) is 0. The minimum atomic E-state index is 0.322. The molecule has 0 radical (unpaired) electrons. The standard InChI is InChI=1S/C13H14OS/c1-13-7-6-11(14)15-12(13)10-5-3-2-4-9(10)8-13/h2-5,12H,6-8H2,1H3. The molecule has 78 valence electrons. The first kappa shape index (κ1) is 9.46. The Labute approximate surface area is 94.3 Å². The minimum Gasteiger partial charge on any atom is -0.287 e. The Morgan fingerprint density at radius 3 is 3.07 bits per heavy atom. The van der Waals surface area contributed by atoms with Gasteiger partial charge >= 0.3 is 0 Å². The van der Waals surface area contributed by atoms with Gasteiger partial charge in [-0.3, -0.25) is 4.79 Å². The summed E-state index contributed by atoms with van der Waals surface area (Å²) in [4.78, 5) is 11.5. The lowest BCUT2D eigenvalue weighted by atomic mass is 9.82. The molecular formula is C13H14OS. The molecule has 0 aromatic heterocycles. The highest BCUT2D eigenvalue weighted by Gasteiger charge is 2.46. The number of thioether (sulfide) groups is 1. The van der Waals surface area contributed by atoms with E-state index in [0.717, 1.165) is 19.3 Å². The number of carbonyl (C=O) groups is 1. The molecule has 0 spiro atoms. The van der Waals surface area contributed by atoms with Crippen LogP contribution in [0.5, 0.6) is 0 Å². The van der Waals surface area contributed by atoms with Crippen LogP contribution in [0.4, 0.5) is 0 Å². The Morgan fingerprint density at radius 2 is 2.20 bits per heavy atom. The first-order chi connectivity index (χ1) is 7.19. The second-order valence-corrected chi connectivity index (χ2v) is 6.06. The highest BCUT2D eigenvalue weighted by atomic mass is 32.2. The molecular weight excluding hydrogens is 204 g/mol. The molecule has 2 heteroatoms. The zero-order chi connectivity index (χ0) is 10.5. The fourth-order valence-electron chi connectivity index (χ4n) is 2.86. The summed E-state index contributed by atoms with van der Waals surface area (Å²) in [5.74, 6) is 0. The molecule has 0 bridgehead atoms. The molecule has 2 unspecified atom stereocenters. The van der Waals surface area contributed by atoms with Crippen molar-refractivity contribution in [2.75, 3.05) is 0 Å². The van der Waals surface area contributed by atoms with Crippen LogP contribution in [-0.4, -0.2) is 5.12 Å². The highest BCUT2D eigenvalue weighted by molar-refractivity contribution is 8.13. The summed E-state index contributed by atoms with van der Waals surface area (Å²) in [6.07, 6.45) is 2.96. The smallest absolute Gasteiger partial charge is 0.189 e. The van der Waals surface area contributed by atoms with Crippen LogP contribution in [0.1, 0.15) is 36.1 Å². The van der Waals surface area contributed by atoms with Gasteiger partial charge in [0.05, 0.1) is 0 Å². The van der Waals surface area contributed by atoms with Gasteiger partial charge in [-0.2, -0.15) is 0 Å². The van der Waals surface area contributed by atoms with Crippen molar-refractivity contribution in [1.29, 1.82) is 0 Å². The van der Waals surface area contributed by atoms with Crippen LogP contribution < -0.4 is 0 Å². The van der Waals surface area contributed by atoms with Crippen molar-refractivity contribution in [3.8, 4) is 0 Å². The third-order valence-electron chi connectivity index (χ3n) is 3.71. The summed E-state index contributed by atoms with van der Waals surface area (Å²) in [6, 6.07) is 8.59. The second kappa shape index (κ2) is 3.11. The third-order valence-corrected chi connectivity index (χ3v) is 5.24. The molecule has 1 aliphatic heterocycles. The van der Waals surface area contributed by atoms with E-state index in [4.69, 9.17) is 0 Å². The first-order valence-corrected chi connectivity index (χ1v) is 6.34. The van der Waals surface area contributed by atoms with E-state index in [2.05, 4.69) is 31.2 Å². The fourth-order valence-corrected chi connectivity index (χ4v) is 4.18. The molecule has 1 aromatic carbocycles. The van der Waals surface area contributed by atoms with Crippen molar-refractivity contribution >= 4 is 16.9 Å². The third kappa shape index (κ3) is 1.35. The van der Waals surface area contributed by atoms with Gasteiger partial charge in [-0.1, -0.05) is 43.0 Å². The molecule has 1 aromatic rings. The number of hydrogen-bond donors (Lipinski definition) is 0. The zero-order valence-electron chi connectivity index (χ0n) is 8.82. The van der Waals surface area contributed by atoms with E-state index in [1.807, 2.05) is 0 Å². The highest BCUT2D eigenvalue weighted by Crippen LogP contribution is 2.58. The molecule has 3 rings (SSSR count). The Balaban J connectivity index is 2.07. The molecule has 1 nitrogen and oxygen atoms in total. The Kier molecular flexibility index (Phi) is 1.96. The van der Waals surface area contributed by atoms with Crippen molar-refractivity contribution in [1.82, 2.24) is 0 Å². The Morgan fingerprint density at radius 1 is 1.40 bits per heavy atom. The van der Waals surface area contributed by atoms with E-state index in [1.54, 1.807) is 11.8 Å². The molecule has 1 fully saturated rings. The summed E-state index contributed by atoms with van der Waals surface area (Å²) >= 11 is 1.56. The van der Waals surface area contributed by atoms with Gasteiger partial charge in [0.1, 0.15) is 0 Å². The SMILES string of the molecule is CC12CCC(=O)SC1c1ccccc1C2. The van der Waals surface area contributed by atoms with Gasteiger partial charge in [-0.15, -0.1) is 0 Å². The van der Waals surface area contributed by atoms with E-state index in [1.165, 1.54) is 11.1 Å². The predicted octanol–water partition coefficient (Wildman–Crippen LogP) is 3.34. The average Bonchev–Trinajstić information content (AvgIpc) is 2.51. The van der Waals surface area contributed by atoms with Crippen molar-refractivity contribution in [3.63, 3.8) is 0 Å². The maximum Gasteiger partial charge on any atom is 0.189 e. The molecule has 1 saturated heterocycles. The summed E-state index contributed by atoms with van der Waals surface area (Å²) in [5.41, 5.74) is 3.17. The lowest BCUT2D eigenvalue weighted by Gasteiger charge is -2.34. The van der Waals surface area contributed by atoms with Gasteiger partial charge in [0.2, 0.25) is 0 Å². The predicted molar refractivity (Wildman–Crippen MR) is 62.8 cm³/mol. The molecule has 1 heterocycles. The van der Waals surface area contributed by atoms with E-state index in [0.29, 0.717) is 15.8 Å². The summed E-state index contributed by atoms with van der Waals surface area (Å²) in [6.45, 7) is 2.33. The van der Waals surface area contributed by atoms with Crippen LogP contribution >= 0.6 is 11.8 Å². The van der Waals surface area contributed by atoms with Crippen molar-refractivity contribution < 1.29 is 4.79 Å². The number of carbonyl (C=O) groups excluding carboxylic acids is 1.